The summed E-state index contributed by atoms with van der Waals surface area (Å²) in [5, 5.41) is 3.26. The van der Waals surface area contributed by atoms with Crippen LogP contribution in [0.1, 0.15) is 54.8 Å². The summed E-state index contributed by atoms with van der Waals surface area (Å²) in [6, 6.07) is 18.0. The van der Waals surface area contributed by atoms with Gasteiger partial charge >= 0.3 is 0 Å². The van der Waals surface area contributed by atoms with E-state index in [-0.39, 0.29) is 31.0 Å². The predicted molar refractivity (Wildman–Crippen MR) is 167 cm³/mol. The van der Waals surface area contributed by atoms with E-state index in [1.807, 2.05) is 43.3 Å². The van der Waals surface area contributed by atoms with Crippen LogP contribution in [0.15, 0.2) is 60.7 Å². The molecule has 2 atom stereocenters. The molecule has 0 aromatic heterocycles. The molecular formula is C35H42N2O7. The van der Waals surface area contributed by atoms with E-state index in [4.69, 9.17) is 23.7 Å². The molecule has 0 radical (unpaired) electrons. The van der Waals surface area contributed by atoms with Crippen LogP contribution in [-0.2, 0) is 16.0 Å². The minimum absolute atomic E-state index is 0.0308. The lowest BCUT2D eigenvalue weighted by Gasteiger charge is -2.36. The van der Waals surface area contributed by atoms with Gasteiger partial charge in [-0.2, -0.15) is 0 Å². The summed E-state index contributed by atoms with van der Waals surface area (Å²) in [6.07, 6.45) is 4.68. The van der Waals surface area contributed by atoms with E-state index in [0.29, 0.717) is 40.7 Å². The Labute approximate surface area is 259 Å². The number of para-hydroxylation sites is 2. The summed E-state index contributed by atoms with van der Waals surface area (Å²) < 4.78 is 29.0. The van der Waals surface area contributed by atoms with Gasteiger partial charge in [0.15, 0.2) is 23.0 Å². The number of carbonyl (C=O) groups is 2. The third-order valence-corrected chi connectivity index (χ3v) is 8.31. The topological polar surface area (TPSA) is 95.6 Å². The first kappa shape index (κ1) is 31.0. The van der Waals surface area contributed by atoms with Crippen molar-refractivity contribution in [2.24, 2.45) is 0 Å². The maximum Gasteiger partial charge on any atom is 0.268 e. The molecule has 1 N–H and O–H groups in total. The van der Waals surface area contributed by atoms with Gasteiger partial charge in [-0.15, -0.1) is 0 Å². The normalized spacial score (nSPS) is 16.9. The van der Waals surface area contributed by atoms with Crippen molar-refractivity contribution < 1.29 is 33.3 Å². The Morgan fingerprint density at radius 1 is 0.909 bits per heavy atom. The molecule has 1 saturated carbocycles. The maximum absolute atomic E-state index is 14.5. The van der Waals surface area contributed by atoms with Crippen LogP contribution in [0, 0.1) is 6.92 Å². The number of aryl methyl sites for hydroxylation is 1. The van der Waals surface area contributed by atoms with Crippen LogP contribution < -0.4 is 29.0 Å². The first-order valence-electron chi connectivity index (χ1n) is 15.3. The van der Waals surface area contributed by atoms with Gasteiger partial charge in [-0.05, 0) is 61.6 Å². The number of fused-ring (bicyclic) bond motifs is 1. The summed E-state index contributed by atoms with van der Waals surface area (Å²) in [6.45, 7) is 2.33. The number of nitrogens with one attached hydrogen (secondary N) is 1. The summed E-state index contributed by atoms with van der Waals surface area (Å²) in [5.74, 6) is 1.67. The SMILES string of the molecule is COc1cc([C@@H](C(=O)NC2CCCCC2)N(CCc2cccc(C)c2)C(=O)[C@H]2COc3ccccc3O2)cc(OC)c1OC. The summed E-state index contributed by atoms with van der Waals surface area (Å²) in [5.41, 5.74) is 2.73. The van der Waals surface area contributed by atoms with Gasteiger partial charge in [0.1, 0.15) is 12.6 Å². The number of hydrogen-bond acceptors (Lipinski definition) is 7. The lowest BCUT2D eigenvalue weighted by atomic mass is 9.94. The van der Waals surface area contributed by atoms with Crippen LogP contribution in [0.3, 0.4) is 0 Å². The van der Waals surface area contributed by atoms with E-state index in [0.717, 1.165) is 43.2 Å². The van der Waals surface area contributed by atoms with Crippen molar-refractivity contribution in [3.05, 3.63) is 77.4 Å². The van der Waals surface area contributed by atoms with Crippen molar-refractivity contribution in [3.63, 3.8) is 0 Å². The van der Waals surface area contributed by atoms with Gasteiger partial charge in [0.2, 0.25) is 17.8 Å². The largest absolute Gasteiger partial charge is 0.493 e. The predicted octanol–water partition coefficient (Wildman–Crippen LogP) is 5.42. The van der Waals surface area contributed by atoms with Crippen molar-refractivity contribution >= 4 is 11.8 Å². The van der Waals surface area contributed by atoms with E-state index in [9.17, 15) is 9.59 Å². The minimum Gasteiger partial charge on any atom is -0.493 e. The minimum atomic E-state index is -0.997. The summed E-state index contributed by atoms with van der Waals surface area (Å²) >= 11 is 0. The van der Waals surface area contributed by atoms with E-state index in [1.165, 1.54) is 21.3 Å². The molecule has 1 fully saturated rings. The van der Waals surface area contributed by atoms with Crippen LogP contribution >= 0.6 is 0 Å². The Kier molecular flexibility index (Phi) is 10.1. The molecule has 1 heterocycles. The summed E-state index contributed by atoms with van der Waals surface area (Å²) in [4.78, 5) is 30.5. The molecule has 2 amide bonds. The second kappa shape index (κ2) is 14.4. The van der Waals surface area contributed by atoms with Gasteiger partial charge in [0.25, 0.3) is 5.91 Å². The number of ether oxygens (including phenoxy) is 5. The Morgan fingerprint density at radius 3 is 2.27 bits per heavy atom. The number of amides is 2. The van der Waals surface area contributed by atoms with Crippen molar-refractivity contribution in [2.75, 3.05) is 34.5 Å². The average Bonchev–Trinajstić information content (AvgIpc) is 3.05. The number of benzene rings is 3. The highest BCUT2D eigenvalue weighted by atomic mass is 16.6. The molecule has 0 spiro atoms. The van der Waals surface area contributed by atoms with Gasteiger partial charge in [-0.1, -0.05) is 61.2 Å². The van der Waals surface area contributed by atoms with E-state index in [2.05, 4.69) is 11.4 Å². The van der Waals surface area contributed by atoms with Crippen molar-refractivity contribution in [1.29, 1.82) is 0 Å². The molecule has 1 aliphatic carbocycles. The standard InChI is InChI=1S/C35H42N2O7/c1-23-11-10-12-24(19-23)17-18-37(35(39)31-22-43-27-15-8-9-16-28(27)44-31)32(34(38)36-26-13-6-5-7-14-26)25-20-29(40-2)33(42-4)30(21-25)41-3/h8-12,15-16,19-21,26,31-32H,5-7,13-14,17-18,22H2,1-4H3,(H,36,38)/t31-,32+/m1/s1. The molecule has 0 unspecified atom stereocenters. The highest BCUT2D eigenvalue weighted by molar-refractivity contribution is 5.91. The van der Waals surface area contributed by atoms with Gasteiger partial charge in [0.05, 0.1) is 21.3 Å². The van der Waals surface area contributed by atoms with Crippen LogP contribution in [0.25, 0.3) is 0 Å². The van der Waals surface area contributed by atoms with Gasteiger partial charge in [0, 0.05) is 12.6 Å². The fourth-order valence-corrected chi connectivity index (χ4v) is 6.07. The Bertz CT molecular complexity index is 1430. The molecule has 2 aliphatic rings. The Balaban J connectivity index is 1.56. The third-order valence-electron chi connectivity index (χ3n) is 8.31. The smallest absolute Gasteiger partial charge is 0.268 e. The van der Waals surface area contributed by atoms with Crippen LogP contribution in [0.4, 0.5) is 0 Å². The first-order valence-corrected chi connectivity index (χ1v) is 15.3. The van der Waals surface area contributed by atoms with E-state index >= 15 is 0 Å². The van der Waals surface area contributed by atoms with Gasteiger partial charge in [-0.25, -0.2) is 0 Å². The fourth-order valence-electron chi connectivity index (χ4n) is 6.07. The molecule has 0 saturated heterocycles. The number of carbonyl (C=O) groups excluding carboxylic acids is 2. The molecule has 3 aromatic rings. The molecule has 1 aliphatic heterocycles. The van der Waals surface area contributed by atoms with Crippen molar-refractivity contribution in [3.8, 4) is 28.7 Å². The second-order valence-electron chi connectivity index (χ2n) is 11.3. The number of rotatable bonds is 11. The van der Waals surface area contributed by atoms with Crippen LogP contribution in [0.2, 0.25) is 0 Å². The van der Waals surface area contributed by atoms with Crippen LogP contribution in [0.5, 0.6) is 28.7 Å². The molecule has 9 nitrogen and oxygen atoms in total. The van der Waals surface area contributed by atoms with Gasteiger partial charge in [-0.3, -0.25) is 9.59 Å². The zero-order chi connectivity index (χ0) is 31.1. The molecule has 0 bridgehead atoms. The van der Waals surface area contributed by atoms with Gasteiger partial charge < -0.3 is 33.9 Å². The Morgan fingerprint density at radius 2 is 1.61 bits per heavy atom. The van der Waals surface area contributed by atoms with E-state index < -0.39 is 12.1 Å². The maximum atomic E-state index is 14.5. The number of hydrogen-bond donors (Lipinski definition) is 1. The second-order valence-corrected chi connectivity index (χ2v) is 11.3. The number of nitrogens with zero attached hydrogens (tertiary/aromatic N) is 1. The third kappa shape index (κ3) is 7.04. The highest BCUT2D eigenvalue weighted by Gasteiger charge is 2.39. The Hall–Kier alpha value is -4.40. The lowest BCUT2D eigenvalue weighted by molar-refractivity contribution is -0.148. The number of methoxy groups -OCH3 is 3. The molecule has 44 heavy (non-hydrogen) atoms. The lowest BCUT2D eigenvalue weighted by Crippen LogP contribution is -2.53. The molecular weight excluding hydrogens is 560 g/mol. The zero-order valence-electron chi connectivity index (χ0n) is 26.0. The van der Waals surface area contributed by atoms with Crippen molar-refractivity contribution in [2.45, 2.75) is 63.6 Å². The summed E-state index contributed by atoms with van der Waals surface area (Å²) in [7, 11) is 4.59. The average molecular weight is 603 g/mol. The molecule has 234 valence electrons. The fraction of sp³-hybridized carbons (Fsp3) is 0.429. The molecule has 9 heteroatoms. The zero-order valence-corrected chi connectivity index (χ0v) is 26.0. The quantitative estimate of drug-likeness (QED) is 0.313. The van der Waals surface area contributed by atoms with Crippen LogP contribution in [-0.4, -0.2) is 63.3 Å². The van der Waals surface area contributed by atoms with E-state index in [1.54, 1.807) is 23.1 Å². The monoisotopic (exact) mass is 602 g/mol. The molecule has 5 rings (SSSR count). The van der Waals surface area contributed by atoms with Crippen molar-refractivity contribution in [1.82, 2.24) is 10.2 Å². The molecule has 3 aromatic carbocycles. The highest BCUT2D eigenvalue weighted by Crippen LogP contribution is 2.41. The first-order chi connectivity index (χ1) is 21.4.